The fourth-order valence-electron chi connectivity index (χ4n) is 2.59. The van der Waals surface area contributed by atoms with Gasteiger partial charge in [0.05, 0.1) is 0 Å². The number of nitrogens with zero attached hydrogens (tertiary/aromatic N) is 1. The number of benzene rings is 1. The molecule has 0 saturated carbocycles. The van der Waals surface area contributed by atoms with Gasteiger partial charge in [0.15, 0.2) is 17.7 Å². The lowest BCUT2D eigenvalue weighted by Gasteiger charge is -2.34. The highest BCUT2D eigenvalue weighted by Crippen LogP contribution is 2.20. The van der Waals surface area contributed by atoms with Gasteiger partial charge in [0.2, 0.25) is 0 Å². The van der Waals surface area contributed by atoms with Crippen LogP contribution in [0.5, 0.6) is 5.75 Å². The van der Waals surface area contributed by atoms with Crippen LogP contribution in [0.25, 0.3) is 0 Å². The number of ether oxygens (including phenoxy) is 1. The molecular formula is C16H23FN2O2. The van der Waals surface area contributed by atoms with Gasteiger partial charge in [-0.05, 0) is 38.4 Å². The number of rotatable bonds is 5. The van der Waals surface area contributed by atoms with Crippen molar-refractivity contribution < 1.29 is 13.9 Å². The SMILES string of the molecule is CCC(Oc1ccccc1F)C(=O)N1CCC(NC)CC1. The van der Waals surface area contributed by atoms with Crippen molar-refractivity contribution in [3.05, 3.63) is 30.1 Å². The maximum absolute atomic E-state index is 13.6. The highest BCUT2D eigenvalue weighted by atomic mass is 19.1. The van der Waals surface area contributed by atoms with Crippen molar-refractivity contribution in [3.8, 4) is 5.75 Å². The summed E-state index contributed by atoms with van der Waals surface area (Å²) < 4.78 is 19.2. The van der Waals surface area contributed by atoms with E-state index in [2.05, 4.69) is 5.32 Å². The highest BCUT2D eigenvalue weighted by Gasteiger charge is 2.28. The molecule has 1 atom stereocenters. The summed E-state index contributed by atoms with van der Waals surface area (Å²) in [4.78, 5) is 14.3. The standard InChI is InChI=1S/C16H23FN2O2/c1-3-14(21-15-7-5-4-6-13(15)17)16(20)19-10-8-12(18-2)9-11-19/h4-7,12,14,18H,3,8-11H2,1-2H3. The third kappa shape index (κ3) is 3.94. The molecule has 0 spiro atoms. The molecule has 0 aliphatic carbocycles. The summed E-state index contributed by atoms with van der Waals surface area (Å²) in [6, 6.07) is 6.67. The van der Waals surface area contributed by atoms with E-state index >= 15 is 0 Å². The molecule has 0 aromatic heterocycles. The van der Waals surface area contributed by atoms with Crippen LogP contribution >= 0.6 is 0 Å². The number of halogens is 1. The molecule has 1 aromatic carbocycles. The molecule has 1 heterocycles. The van der Waals surface area contributed by atoms with Gasteiger partial charge >= 0.3 is 0 Å². The van der Waals surface area contributed by atoms with Crippen molar-refractivity contribution in [2.24, 2.45) is 0 Å². The van der Waals surface area contributed by atoms with Crippen LogP contribution in [0.4, 0.5) is 4.39 Å². The van der Waals surface area contributed by atoms with Crippen molar-refractivity contribution in [1.82, 2.24) is 10.2 Å². The first-order valence-corrected chi connectivity index (χ1v) is 7.53. The van der Waals surface area contributed by atoms with Gasteiger partial charge in [-0.2, -0.15) is 0 Å². The monoisotopic (exact) mass is 294 g/mol. The van der Waals surface area contributed by atoms with Crippen LogP contribution in [0.3, 0.4) is 0 Å². The molecule has 0 bridgehead atoms. The Balaban J connectivity index is 1.98. The smallest absolute Gasteiger partial charge is 0.263 e. The van der Waals surface area contributed by atoms with Crippen LogP contribution in [-0.2, 0) is 4.79 Å². The van der Waals surface area contributed by atoms with Crippen molar-refractivity contribution in [2.45, 2.75) is 38.3 Å². The first-order valence-electron chi connectivity index (χ1n) is 7.53. The molecule has 0 radical (unpaired) electrons. The number of amides is 1. The number of carbonyl (C=O) groups is 1. The summed E-state index contributed by atoms with van der Waals surface area (Å²) in [5.41, 5.74) is 0. The molecule has 1 amide bonds. The largest absolute Gasteiger partial charge is 0.478 e. The normalized spacial score (nSPS) is 17.6. The van der Waals surface area contributed by atoms with Crippen molar-refractivity contribution in [2.75, 3.05) is 20.1 Å². The second-order valence-electron chi connectivity index (χ2n) is 5.33. The zero-order valence-corrected chi connectivity index (χ0v) is 12.6. The Labute approximate surface area is 125 Å². The molecular weight excluding hydrogens is 271 g/mol. The van der Waals surface area contributed by atoms with E-state index in [1.54, 1.807) is 18.2 Å². The molecule has 1 aliphatic rings. The summed E-state index contributed by atoms with van der Waals surface area (Å²) in [6.07, 6.45) is 1.80. The molecule has 116 valence electrons. The van der Waals surface area contributed by atoms with Crippen LogP contribution in [-0.4, -0.2) is 43.1 Å². The maximum Gasteiger partial charge on any atom is 0.263 e. The summed E-state index contributed by atoms with van der Waals surface area (Å²) >= 11 is 0. The van der Waals surface area contributed by atoms with E-state index in [0.29, 0.717) is 12.5 Å². The molecule has 4 nitrogen and oxygen atoms in total. The van der Waals surface area contributed by atoms with Gasteiger partial charge in [-0.25, -0.2) is 4.39 Å². The quantitative estimate of drug-likeness (QED) is 0.905. The molecule has 1 unspecified atom stereocenters. The second kappa shape index (κ2) is 7.41. The Morgan fingerprint density at radius 2 is 2.10 bits per heavy atom. The number of hydrogen-bond acceptors (Lipinski definition) is 3. The summed E-state index contributed by atoms with van der Waals surface area (Å²) in [7, 11) is 1.94. The Morgan fingerprint density at radius 3 is 2.67 bits per heavy atom. The first kappa shape index (κ1) is 15.8. The van der Waals surface area contributed by atoms with Crippen LogP contribution in [0.2, 0.25) is 0 Å². The minimum absolute atomic E-state index is 0.0460. The van der Waals surface area contributed by atoms with Gasteiger partial charge in [-0.3, -0.25) is 4.79 Å². The minimum atomic E-state index is -0.618. The van der Waals surface area contributed by atoms with Crippen molar-refractivity contribution in [3.63, 3.8) is 0 Å². The number of para-hydroxylation sites is 1. The highest BCUT2D eigenvalue weighted by molar-refractivity contribution is 5.81. The summed E-state index contributed by atoms with van der Waals surface area (Å²) in [5.74, 6) is -0.337. The van der Waals surface area contributed by atoms with E-state index in [0.717, 1.165) is 25.9 Å². The molecule has 21 heavy (non-hydrogen) atoms. The fourth-order valence-corrected chi connectivity index (χ4v) is 2.59. The van der Waals surface area contributed by atoms with Crippen LogP contribution < -0.4 is 10.1 Å². The lowest BCUT2D eigenvalue weighted by molar-refractivity contribution is -0.140. The fraction of sp³-hybridized carbons (Fsp3) is 0.562. The molecule has 1 N–H and O–H groups in total. The van der Waals surface area contributed by atoms with E-state index in [1.807, 2.05) is 18.9 Å². The molecule has 1 aromatic rings. The number of likely N-dealkylation sites (tertiary alicyclic amines) is 1. The Bertz CT molecular complexity index is 473. The van der Waals surface area contributed by atoms with Gasteiger partial charge < -0.3 is 15.0 Å². The Morgan fingerprint density at radius 1 is 1.43 bits per heavy atom. The average molecular weight is 294 g/mol. The van der Waals surface area contributed by atoms with Gasteiger partial charge in [-0.1, -0.05) is 19.1 Å². The van der Waals surface area contributed by atoms with E-state index < -0.39 is 11.9 Å². The van der Waals surface area contributed by atoms with Crippen LogP contribution in [0.1, 0.15) is 26.2 Å². The zero-order chi connectivity index (χ0) is 15.2. The maximum atomic E-state index is 13.6. The number of piperidine rings is 1. The molecule has 2 rings (SSSR count). The zero-order valence-electron chi connectivity index (χ0n) is 12.6. The molecule has 1 saturated heterocycles. The van der Waals surface area contributed by atoms with E-state index in [4.69, 9.17) is 4.74 Å². The number of nitrogens with one attached hydrogen (secondary N) is 1. The number of carbonyl (C=O) groups excluding carboxylic acids is 1. The minimum Gasteiger partial charge on any atom is -0.478 e. The third-order valence-electron chi connectivity index (χ3n) is 3.97. The molecule has 1 fully saturated rings. The van der Waals surface area contributed by atoms with Gasteiger partial charge in [-0.15, -0.1) is 0 Å². The Kier molecular flexibility index (Phi) is 5.56. The second-order valence-corrected chi connectivity index (χ2v) is 5.33. The van der Waals surface area contributed by atoms with Crippen molar-refractivity contribution >= 4 is 5.91 Å². The van der Waals surface area contributed by atoms with Gasteiger partial charge in [0.25, 0.3) is 5.91 Å². The lowest BCUT2D eigenvalue weighted by atomic mass is 10.0. The molecule has 1 aliphatic heterocycles. The van der Waals surface area contributed by atoms with Crippen LogP contribution in [0.15, 0.2) is 24.3 Å². The molecule has 5 heteroatoms. The predicted molar refractivity (Wildman–Crippen MR) is 79.8 cm³/mol. The van der Waals surface area contributed by atoms with Gasteiger partial charge in [0.1, 0.15) is 0 Å². The summed E-state index contributed by atoms with van der Waals surface area (Å²) in [6.45, 7) is 3.33. The van der Waals surface area contributed by atoms with Crippen LogP contribution in [0, 0.1) is 5.82 Å². The Hall–Kier alpha value is -1.62. The lowest BCUT2D eigenvalue weighted by Crippen LogP contribution is -2.48. The topological polar surface area (TPSA) is 41.6 Å². The van der Waals surface area contributed by atoms with E-state index in [1.165, 1.54) is 6.07 Å². The van der Waals surface area contributed by atoms with E-state index in [-0.39, 0.29) is 11.7 Å². The summed E-state index contributed by atoms with van der Waals surface area (Å²) in [5, 5.41) is 3.24. The third-order valence-corrected chi connectivity index (χ3v) is 3.97. The van der Waals surface area contributed by atoms with E-state index in [9.17, 15) is 9.18 Å². The first-order chi connectivity index (χ1) is 10.2. The average Bonchev–Trinajstić information content (AvgIpc) is 2.53. The number of hydrogen-bond donors (Lipinski definition) is 1. The predicted octanol–water partition coefficient (Wildman–Crippen LogP) is 2.19. The van der Waals surface area contributed by atoms with Gasteiger partial charge in [0, 0.05) is 19.1 Å². The van der Waals surface area contributed by atoms with Crippen molar-refractivity contribution in [1.29, 1.82) is 0 Å².